The van der Waals surface area contributed by atoms with Gasteiger partial charge >= 0.3 is 0 Å². The number of halogens is 1. The highest BCUT2D eigenvalue weighted by atomic mass is 79.9. The van der Waals surface area contributed by atoms with Gasteiger partial charge in [-0.1, -0.05) is 30.3 Å². The molecule has 0 aliphatic heterocycles. The molecule has 0 fully saturated rings. The van der Waals surface area contributed by atoms with Crippen LogP contribution in [-0.4, -0.2) is 18.1 Å². The Kier molecular flexibility index (Phi) is 4.73. The molecule has 0 aliphatic carbocycles. The molecule has 2 rings (SSSR count). The molecule has 1 aromatic heterocycles. The molecular weight excluding hydrogens is 290 g/mol. The van der Waals surface area contributed by atoms with E-state index in [2.05, 4.69) is 37.9 Å². The zero-order valence-electron chi connectivity index (χ0n) is 10.1. The summed E-state index contributed by atoms with van der Waals surface area (Å²) in [5.74, 6) is 0.951. The standard InChI is InChI=1S/C14H16BrN3/c15-13-6-7-14(17-10-13)18(9-8-16)11-12-4-2-1-3-5-12/h1-7,10H,8-9,11,16H2. The Balaban J connectivity index is 2.15. The Labute approximate surface area is 116 Å². The fraction of sp³-hybridized carbons (Fsp3) is 0.214. The van der Waals surface area contributed by atoms with E-state index >= 15 is 0 Å². The molecule has 94 valence electrons. The van der Waals surface area contributed by atoms with Gasteiger partial charge in [-0.2, -0.15) is 0 Å². The number of aromatic nitrogens is 1. The Bertz CT molecular complexity index is 470. The lowest BCUT2D eigenvalue weighted by Gasteiger charge is -2.23. The number of nitrogens with two attached hydrogens (primary N) is 1. The summed E-state index contributed by atoms with van der Waals surface area (Å²) in [7, 11) is 0. The predicted octanol–water partition coefficient (Wildman–Crippen LogP) is 2.81. The molecule has 1 heterocycles. The van der Waals surface area contributed by atoms with Gasteiger partial charge in [0.15, 0.2) is 0 Å². The normalized spacial score (nSPS) is 10.3. The van der Waals surface area contributed by atoms with Gasteiger partial charge in [0.1, 0.15) is 5.82 Å². The Morgan fingerprint density at radius 1 is 1.11 bits per heavy atom. The first-order valence-corrected chi connectivity index (χ1v) is 6.69. The summed E-state index contributed by atoms with van der Waals surface area (Å²) in [6.07, 6.45) is 1.81. The van der Waals surface area contributed by atoms with E-state index < -0.39 is 0 Å². The third-order valence-electron chi connectivity index (χ3n) is 2.65. The molecule has 1 aromatic carbocycles. The van der Waals surface area contributed by atoms with Gasteiger partial charge in [-0.05, 0) is 33.6 Å². The molecule has 0 atom stereocenters. The smallest absolute Gasteiger partial charge is 0.128 e. The maximum Gasteiger partial charge on any atom is 0.128 e. The second-order valence-corrected chi connectivity index (χ2v) is 4.95. The third kappa shape index (κ3) is 3.55. The van der Waals surface area contributed by atoms with Gasteiger partial charge < -0.3 is 10.6 Å². The summed E-state index contributed by atoms with van der Waals surface area (Å²) in [4.78, 5) is 6.60. The van der Waals surface area contributed by atoms with Crippen molar-refractivity contribution in [2.45, 2.75) is 6.54 Å². The van der Waals surface area contributed by atoms with Gasteiger partial charge in [-0.25, -0.2) is 4.98 Å². The van der Waals surface area contributed by atoms with Crippen molar-refractivity contribution in [1.29, 1.82) is 0 Å². The van der Waals surface area contributed by atoms with E-state index in [4.69, 9.17) is 5.73 Å². The van der Waals surface area contributed by atoms with Gasteiger partial charge in [-0.15, -0.1) is 0 Å². The van der Waals surface area contributed by atoms with E-state index in [1.807, 2.05) is 36.5 Å². The van der Waals surface area contributed by atoms with Gasteiger partial charge in [0.05, 0.1) is 0 Å². The summed E-state index contributed by atoms with van der Waals surface area (Å²) in [5, 5.41) is 0. The summed E-state index contributed by atoms with van der Waals surface area (Å²) in [6.45, 7) is 2.24. The van der Waals surface area contributed by atoms with Crippen LogP contribution in [0.2, 0.25) is 0 Å². The van der Waals surface area contributed by atoms with Crippen molar-refractivity contribution in [1.82, 2.24) is 4.98 Å². The van der Waals surface area contributed by atoms with Gasteiger partial charge in [0.25, 0.3) is 0 Å². The number of hydrogen-bond donors (Lipinski definition) is 1. The quantitative estimate of drug-likeness (QED) is 0.923. The van der Waals surface area contributed by atoms with Crippen LogP contribution >= 0.6 is 15.9 Å². The van der Waals surface area contributed by atoms with Crippen LogP contribution < -0.4 is 10.6 Å². The lowest BCUT2D eigenvalue weighted by atomic mass is 10.2. The van der Waals surface area contributed by atoms with Crippen LogP contribution in [0.25, 0.3) is 0 Å². The van der Waals surface area contributed by atoms with E-state index in [-0.39, 0.29) is 0 Å². The van der Waals surface area contributed by atoms with Gasteiger partial charge in [-0.3, -0.25) is 0 Å². The predicted molar refractivity (Wildman–Crippen MR) is 78.5 cm³/mol. The van der Waals surface area contributed by atoms with Crippen molar-refractivity contribution < 1.29 is 0 Å². The molecule has 0 spiro atoms. The molecule has 0 saturated carbocycles. The fourth-order valence-corrected chi connectivity index (χ4v) is 2.02. The van der Waals surface area contributed by atoms with E-state index in [0.29, 0.717) is 6.54 Å². The maximum absolute atomic E-state index is 5.67. The number of pyridine rings is 1. The van der Waals surface area contributed by atoms with Crippen molar-refractivity contribution in [3.63, 3.8) is 0 Å². The van der Waals surface area contributed by atoms with Crippen LogP contribution in [0.1, 0.15) is 5.56 Å². The molecular formula is C14H16BrN3. The number of benzene rings is 1. The molecule has 3 nitrogen and oxygen atoms in total. The van der Waals surface area contributed by atoms with Crippen LogP contribution in [-0.2, 0) is 6.54 Å². The van der Waals surface area contributed by atoms with Gasteiger partial charge in [0, 0.05) is 30.3 Å². The highest BCUT2D eigenvalue weighted by Gasteiger charge is 2.07. The van der Waals surface area contributed by atoms with Crippen molar-refractivity contribution in [3.05, 3.63) is 58.7 Å². The van der Waals surface area contributed by atoms with Crippen LogP contribution in [0, 0.1) is 0 Å². The second-order valence-electron chi connectivity index (χ2n) is 4.03. The number of rotatable bonds is 5. The minimum atomic E-state index is 0.616. The minimum absolute atomic E-state index is 0.616. The van der Waals surface area contributed by atoms with Crippen molar-refractivity contribution in [3.8, 4) is 0 Å². The highest BCUT2D eigenvalue weighted by molar-refractivity contribution is 9.10. The molecule has 0 saturated heterocycles. The first-order valence-electron chi connectivity index (χ1n) is 5.90. The number of anilines is 1. The summed E-state index contributed by atoms with van der Waals surface area (Å²) >= 11 is 3.39. The Morgan fingerprint density at radius 3 is 2.50 bits per heavy atom. The fourth-order valence-electron chi connectivity index (χ4n) is 1.79. The van der Waals surface area contributed by atoms with E-state index in [9.17, 15) is 0 Å². The van der Waals surface area contributed by atoms with Crippen molar-refractivity contribution >= 4 is 21.7 Å². The summed E-state index contributed by atoms with van der Waals surface area (Å²) in [6, 6.07) is 14.3. The van der Waals surface area contributed by atoms with E-state index in [1.165, 1.54) is 5.56 Å². The SMILES string of the molecule is NCCN(Cc1ccccc1)c1ccc(Br)cn1. The molecule has 0 aliphatic rings. The van der Waals surface area contributed by atoms with E-state index in [1.54, 1.807) is 0 Å². The molecule has 2 aromatic rings. The summed E-state index contributed by atoms with van der Waals surface area (Å²) in [5.41, 5.74) is 6.93. The first kappa shape index (κ1) is 13.1. The molecule has 4 heteroatoms. The molecule has 18 heavy (non-hydrogen) atoms. The van der Waals surface area contributed by atoms with Gasteiger partial charge in [0.2, 0.25) is 0 Å². The van der Waals surface area contributed by atoms with Crippen LogP contribution in [0.15, 0.2) is 53.1 Å². The molecule has 0 amide bonds. The minimum Gasteiger partial charge on any atom is -0.351 e. The topological polar surface area (TPSA) is 42.1 Å². The van der Waals surface area contributed by atoms with Crippen LogP contribution in [0.3, 0.4) is 0 Å². The first-order chi connectivity index (χ1) is 8.79. The summed E-state index contributed by atoms with van der Waals surface area (Å²) < 4.78 is 0.985. The lowest BCUT2D eigenvalue weighted by molar-refractivity contribution is 0.775. The van der Waals surface area contributed by atoms with E-state index in [0.717, 1.165) is 23.4 Å². The molecule has 2 N–H and O–H groups in total. The van der Waals surface area contributed by atoms with Crippen molar-refractivity contribution in [2.75, 3.05) is 18.0 Å². The van der Waals surface area contributed by atoms with Crippen LogP contribution in [0.5, 0.6) is 0 Å². The Morgan fingerprint density at radius 2 is 1.89 bits per heavy atom. The lowest BCUT2D eigenvalue weighted by Crippen LogP contribution is -2.29. The number of nitrogens with zero attached hydrogens (tertiary/aromatic N) is 2. The molecule has 0 radical (unpaired) electrons. The number of hydrogen-bond acceptors (Lipinski definition) is 3. The third-order valence-corrected chi connectivity index (χ3v) is 3.12. The average Bonchev–Trinajstić information content (AvgIpc) is 2.40. The molecule has 0 unspecified atom stereocenters. The average molecular weight is 306 g/mol. The highest BCUT2D eigenvalue weighted by Crippen LogP contribution is 2.16. The van der Waals surface area contributed by atoms with Crippen molar-refractivity contribution in [2.24, 2.45) is 5.73 Å². The largest absolute Gasteiger partial charge is 0.351 e. The monoisotopic (exact) mass is 305 g/mol. The zero-order valence-corrected chi connectivity index (χ0v) is 11.7. The molecule has 0 bridgehead atoms. The zero-order chi connectivity index (χ0) is 12.8. The maximum atomic E-state index is 5.67. The Hall–Kier alpha value is -1.39. The van der Waals surface area contributed by atoms with Crippen LogP contribution in [0.4, 0.5) is 5.82 Å². The second kappa shape index (κ2) is 6.52.